The number of nitrogens with zero attached hydrogens (tertiary/aromatic N) is 2. The minimum atomic E-state index is -0.187. The van der Waals surface area contributed by atoms with E-state index in [1.807, 2.05) is 0 Å². The summed E-state index contributed by atoms with van der Waals surface area (Å²) in [5.41, 5.74) is 1.84. The molecule has 1 aliphatic carbocycles. The highest BCUT2D eigenvalue weighted by atomic mass is 16.5. The summed E-state index contributed by atoms with van der Waals surface area (Å²) >= 11 is 0. The van der Waals surface area contributed by atoms with Crippen molar-refractivity contribution in [2.45, 2.75) is 57.6 Å². The Balaban J connectivity index is 1.62. The van der Waals surface area contributed by atoms with Crippen molar-refractivity contribution in [3.63, 3.8) is 0 Å². The average molecular weight is 305 g/mol. The molecule has 6 heteroatoms. The van der Waals surface area contributed by atoms with E-state index in [4.69, 9.17) is 4.74 Å². The second-order valence-corrected chi connectivity index (χ2v) is 6.11. The fraction of sp³-hybridized carbons (Fsp3) is 0.688. The Morgan fingerprint density at radius 2 is 2.18 bits per heavy atom. The lowest BCUT2D eigenvalue weighted by Gasteiger charge is -2.12. The van der Waals surface area contributed by atoms with Gasteiger partial charge in [-0.1, -0.05) is 6.42 Å². The summed E-state index contributed by atoms with van der Waals surface area (Å²) < 4.78 is 6.75. The SMILES string of the molecule is O=C(Cn1nc2c(cc1=O)CCCCC2)NCC1CCCO1. The van der Waals surface area contributed by atoms with Gasteiger partial charge >= 0.3 is 0 Å². The summed E-state index contributed by atoms with van der Waals surface area (Å²) in [5, 5.41) is 7.23. The first-order chi connectivity index (χ1) is 10.7. The van der Waals surface area contributed by atoms with E-state index in [1.54, 1.807) is 6.07 Å². The van der Waals surface area contributed by atoms with E-state index in [0.29, 0.717) is 6.54 Å². The highest BCUT2D eigenvalue weighted by Crippen LogP contribution is 2.16. The standard InChI is InChI=1S/C16H23N3O3/c20-15(17-10-13-6-4-8-22-13)11-19-16(21)9-12-5-2-1-3-7-14(12)18-19/h9,13H,1-8,10-11H2,(H,17,20). The summed E-state index contributed by atoms with van der Waals surface area (Å²) in [4.78, 5) is 24.1. The molecule has 1 atom stereocenters. The minimum absolute atomic E-state index is 0.0150. The fourth-order valence-corrected chi connectivity index (χ4v) is 3.12. The molecule has 2 aliphatic rings. The molecule has 2 heterocycles. The lowest BCUT2D eigenvalue weighted by Crippen LogP contribution is -2.37. The first kappa shape index (κ1) is 15.2. The number of ether oxygens (including phenoxy) is 1. The van der Waals surface area contributed by atoms with Crippen LogP contribution < -0.4 is 10.9 Å². The Morgan fingerprint density at radius 3 is 3.00 bits per heavy atom. The van der Waals surface area contributed by atoms with Crippen molar-refractivity contribution in [2.24, 2.45) is 0 Å². The molecule has 0 bridgehead atoms. The number of aromatic nitrogens is 2. The van der Waals surface area contributed by atoms with E-state index in [-0.39, 0.29) is 24.1 Å². The van der Waals surface area contributed by atoms with Gasteiger partial charge in [0.25, 0.3) is 5.56 Å². The molecular weight excluding hydrogens is 282 g/mol. The van der Waals surface area contributed by atoms with Gasteiger partial charge < -0.3 is 10.1 Å². The normalized spacial score (nSPS) is 21.2. The summed E-state index contributed by atoms with van der Waals surface area (Å²) in [6.45, 7) is 1.27. The van der Waals surface area contributed by atoms with Gasteiger partial charge in [0.1, 0.15) is 6.54 Å². The van der Waals surface area contributed by atoms with Crippen LogP contribution in [0.1, 0.15) is 43.4 Å². The predicted molar refractivity (Wildman–Crippen MR) is 81.7 cm³/mol. The van der Waals surface area contributed by atoms with Crippen molar-refractivity contribution in [1.29, 1.82) is 0 Å². The molecular formula is C16H23N3O3. The molecule has 1 unspecified atom stereocenters. The van der Waals surface area contributed by atoms with Crippen LogP contribution in [0.25, 0.3) is 0 Å². The number of fused-ring (bicyclic) bond motifs is 1. The van der Waals surface area contributed by atoms with E-state index in [0.717, 1.165) is 56.4 Å². The first-order valence-corrected chi connectivity index (χ1v) is 8.20. The molecule has 1 amide bonds. The lowest BCUT2D eigenvalue weighted by molar-refractivity contribution is -0.122. The summed E-state index contributed by atoms with van der Waals surface area (Å²) in [7, 11) is 0. The molecule has 0 radical (unpaired) electrons. The maximum atomic E-state index is 12.1. The van der Waals surface area contributed by atoms with E-state index in [9.17, 15) is 9.59 Å². The van der Waals surface area contributed by atoms with Gasteiger partial charge in [-0.3, -0.25) is 9.59 Å². The number of carbonyl (C=O) groups excluding carboxylic acids is 1. The lowest BCUT2D eigenvalue weighted by atomic mass is 10.1. The van der Waals surface area contributed by atoms with Crippen molar-refractivity contribution in [3.05, 3.63) is 27.7 Å². The molecule has 3 rings (SSSR count). The van der Waals surface area contributed by atoms with Crippen LogP contribution in [-0.2, 0) is 28.9 Å². The van der Waals surface area contributed by atoms with Gasteiger partial charge in [-0.2, -0.15) is 5.10 Å². The summed E-state index contributed by atoms with van der Waals surface area (Å²) in [6, 6.07) is 1.65. The van der Waals surface area contributed by atoms with Crippen molar-refractivity contribution < 1.29 is 9.53 Å². The van der Waals surface area contributed by atoms with Crippen LogP contribution in [0.15, 0.2) is 10.9 Å². The zero-order valence-corrected chi connectivity index (χ0v) is 12.8. The third-order valence-corrected chi connectivity index (χ3v) is 4.37. The molecule has 0 saturated carbocycles. The Labute approximate surface area is 129 Å². The van der Waals surface area contributed by atoms with E-state index in [2.05, 4.69) is 10.4 Å². The van der Waals surface area contributed by atoms with Crippen LogP contribution in [0.2, 0.25) is 0 Å². The second-order valence-electron chi connectivity index (χ2n) is 6.11. The highest BCUT2D eigenvalue weighted by Gasteiger charge is 2.17. The zero-order valence-electron chi connectivity index (χ0n) is 12.8. The van der Waals surface area contributed by atoms with Crippen LogP contribution in [0.4, 0.5) is 0 Å². The number of amides is 1. The summed E-state index contributed by atoms with van der Waals surface area (Å²) in [6.07, 6.45) is 7.34. The maximum absolute atomic E-state index is 12.1. The van der Waals surface area contributed by atoms with Crippen molar-refractivity contribution in [1.82, 2.24) is 15.1 Å². The maximum Gasteiger partial charge on any atom is 0.267 e. The van der Waals surface area contributed by atoms with Gasteiger partial charge in [0, 0.05) is 19.2 Å². The van der Waals surface area contributed by atoms with Crippen molar-refractivity contribution in [2.75, 3.05) is 13.2 Å². The molecule has 120 valence electrons. The van der Waals surface area contributed by atoms with Crippen molar-refractivity contribution >= 4 is 5.91 Å². The number of hydrogen-bond donors (Lipinski definition) is 1. The van der Waals surface area contributed by atoms with Crippen LogP contribution >= 0.6 is 0 Å². The zero-order chi connectivity index (χ0) is 15.4. The number of rotatable bonds is 4. The molecule has 22 heavy (non-hydrogen) atoms. The molecule has 1 N–H and O–H groups in total. The number of carbonyl (C=O) groups is 1. The Kier molecular flexibility index (Phi) is 4.87. The third kappa shape index (κ3) is 3.74. The highest BCUT2D eigenvalue weighted by molar-refractivity contribution is 5.75. The predicted octanol–water partition coefficient (Wildman–Crippen LogP) is 0.807. The van der Waals surface area contributed by atoms with Crippen LogP contribution in [0, 0.1) is 0 Å². The summed E-state index contributed by atoms with van der Waals surface area (Å²) in [5.74, 6) is -0.182. The molecule has 1 fully saturated rings. The van der Waals surface area contributed by atoms with Crippen LogP contribution in [-0.4, -0.2) is 34.9 Å². The Bertz CT molecular complexity index is 591. The van der Waals surface area contributed by atoms with E-state index < -0.39 is 0 Å². The van der Waals surface area contributed by atoms with Gasteiger partial charge in [-0.15, -0.1) is 0 Å². The fourth-order valence-electron chi connectivity index (χ4n) is 3.12. The monoisotopic (exact) mass is 305 g/mol. The third-order valence-electron chi connectivity index (χ3n) is 4.37. The molecule has 0 aromatic carbocycles. The number of aryl methyl sites for hydroxylation is 2. The molecule has 0 spiro atoms. The van der Waals surface area contributed by atoms with Crippen LogP contribution in [0.3, 0.4) is 0 Å². The quantitative estimate of drug-likeness (QED) is 0.835. The van der Waals surface area contributed by atoms with Gasteiger partial charge in [-0.05, 0) is 44.1 Å². The molecule has 1 aliphatic heterocycles. The molecule has 6 nitrogen and oxygen atoms in total. The molecule has 1 saturated heterocycles. The van der Waals surface area contributed by atoms with Gasteiger partial charge in [0.2, 0.25) is 5.91 Å². The van der Waals surface area contributed by atoms with Crippen molar-refractivity contribution in [3.8, 4) is 0 Å². The Hall–Kier alpha value is -1.69. The second kappa shape index (κ2) is 7.05. The topological polar surface area (TPSA) is 73.2 Å². The van der Waals surface area contributed by atoms with E-state index in [1.165, 1.54) is 11.1 Å². The Morgan fingerprint density at radius 1 is 1.32 bits per heavy atom. The number of nitrogens with one attached hydrogen (secondary N) is 1. The number of hydrogen-bond acceptors (Lipinski definition) is 4. The molecule has 1 aromatic heterocycles. The van der Waals surface area contributed by atoms with E-state index >= 15 is 0 Å². The van der Waals surface area contributed by atoms with Gasteiger partial charge in [0.05, 0.1) is 11.8 Å². The minimum Gasteiger partial charge on any atom is -0.376 e. The van der Waals surface area contributed by atoms with Gasteiger partial charge in [0.15, 0.2) is 0 Å². The smallest absolute Gasteiger partial charge is 0.267 e. The molecule has 1 aromatic rings. The first-order valence-electron chi connectivity index (χ1n) is 8.20. The van der Waals surface area contributed by atoms with Gasteiger partial charge in [-0.25, -0.2) is 4.68 Å². The largest absolute Gasteiger partial charge is 0.376 e. The average Bonchev–Trinajstić information content (AvgIpc) is 2.92. The van der Waals surface area contributed by atoms with Crippen LogP contribution in [0.5, 0.6) is 0 Å².